The second kappa shape index (κ2) is 6.48. The van der Waals surface area contributed by atoms with Crippen molar-refractivity contribution in [3.8, 4) is 11.4 Å². The Hall–Kier alpha value is -3.04. The van der Waals surface area contributed by atoms with Gasteiger partial charge in [0.25, 0.3) is 5.91 Å². The molecule has 3 aromatic heterocycles. The summed E-state index contributed by atoms with van der Waals surface area (Å²) in [6.07, 6.45) is 7.65. The molecule has 0 unspecified atom stereocenters. The Kier molecular flexibility index (Phi) is 3.91. The van der Waals surface area contributed by atoms with E-state index in [0.29, 0.717) is 32.0 Å². The van der Waals surface area contributed by atoms with Gasteiger partial charge in [-0.05, 0) is 38.3 Å². The van der Waals surface area contributed by atoms with Crippen LogP contribution in [0, 0.1) is 0 Å². The lowest BCUT2D eigenvalue weighted by Gasteiger charge is -2.52. The SMILES string of the molecule is C[C@@]12COCCN1c1nc(-c3cnc4[nH]ccc4c3)ncc1N(C1(CCO)CC1)C2=O. The van der Waals surface area contributed by atoms with E-state index in [-0.39, 0.29) is 18.1 Å². The van der Waals surface area contributed by atoms with Crippen LogP contribution >= 0.6 is 0 Å². The number of aromatic amines is 1. The molecule has 1 amide bonds. The van der Waals surface area contributed by atoms with Crippen LogP contribution in [-0.2, 0) is 9.53 Å². The summed E-state index contributed by atoms with van der Waals surface area (Å²) in [7, 11) is 0. The minimum atomic E-state index is -0.829. The number of amides is 1. The molecule has 31 heavy (non-hydrogen) atoms. The zero-order valence-corrected chi connectivity index (χ0v) is 17.3. The summed E-state index contributed by atoms with van der Waals surface area (Å²) < 4.78 is 5.73. The van der Waals surface area contributed by atoms with Gasteiger partial charge in [0, 0.05) is 36.5 Å². The number of rotatable bonds is 4. The zero-order chi connectivity index (χ0) is 21.2. The van der Waals surface area contributed by atoms with Crippen molar-refractivity contribution in [3.63, 3.8) is 0 Å². The predicted molar refractivity (Wildman–Crippen MR) is 115 cm³/mol. The Balaban J connectivity index is 1.51. The largest absolute Gasteiger partial charge is 0.396 e. The van der Waals surface area contributed by atoms with Gasteiger partial charge in [0.2, 0.25) is 0 Å². The summed E-state index contributed by atoms with van der Waals surface area (Å²) >= 11 is 0. The lowest BCUT2D eigenvalue weighted by Crippen LogP contribution is -2.69. The molecule has 1 saturated heterocycles. The summed E-state index contributed by atoms with van der Waals surface area (Å²) in [5.41, 5.74) is 1.17. The average Bonchev–Trinajstić information content (AvgIpc) is 3.39. The van der Waals surface area contributed by atoms with Crippen LogP contribution in [0.4, 0.5) is 11.5 Å². The van der Waals surface area contributed by atoms with Crippen molar-refractivity contribution in [2.45, 2.75) is 37.3 Å². The lowest BCUT2D eigenvalue weighted by molar-refractivity contribution is -0.128. The minimum Gasteiger partial charge on any atom is -0.396 e. The standard InChI is InChI=1S/C22H24N6O3/c1-21-13-31-9-7-27(21)19-16(28(20(21)30)22(3-4-22)5-8-29)12-25-18(26-19)15-10-14-2-6-23-17(14)24-11-15/h2,6,10-12,29H,3-5,7-9,13H2,1H3,(H,23,24)/t21-/m0/s1. The zero-order valence-electron chi connectivity index (χ0n) is 17.3. The molecule has 6 rings (SSSR count). The molecular weight excluding hydrogens is 396 g/mol. The number of aromatic nitrogens is 4. The Bertz CT molecular complexity index is 1190. The second-order valence-electron chi connectivity index (χ2n) is 8.86. The van der Waals surface area contributed by atoms with Crippen molar-refractivity contribution in [1.82, 2.24) is 19.9 Å². The molecule has 1 aliphatic carbocycles. The van der Waals surface area contributed by atoms with Crippen molar-refractivity contribution in [2.24, 2.45) is 0 Å². The van der Waals surface area contributed by atoms with Crippen molar-refractivity contribution in [2.75, 3.05) is 36.2 Å². The topological polar surface area (TPSA) is 107 Å². The van der Waals surface area contributed by atoms with E-state index in [1.807, 2.05) is 30.2 Å². The molecule has 3 aliphatic rings. The number of carbonyl (C=O) groups excluding carboxylic acids is 1. The van der Waals surface area contributed by atoms with E-state index in [9.17, 15) is 9.90 Å². The molecular formula is C22H24N6O3. The molecule has 0 bridgehead atoms. The number of aliphatic hydroxyl groups is 1. The number of fused-ring (bicyclic) bond motifs is 4. The first-order chi connectivity index (χ1) is 15.1. The Morgan fingerprint density at radius 1 is 1.29 bits per heavy atom. The number of carbonyl (C=O) groups is 1. The van der Waals surface area contributed by atoms with Crippen molar-refractivity contribution in [1.29, 1.82) is 0 Å². The molecule has 3 aromatic rings. The summed E-state index contributed by atoms with van der Waals surface area (Å²) in [6, 6.07) is 3.98. The highest BCUT2D eigenvalue weighted by molar-refractivity contribution is 6.09. The molecule has 5 heterocycles. The molecule has 160 valence electrons. The molecule has 0 spiro atoms. The fraction of sp³-hybridized carbons (Fsp3) is 0.455. The van der Waals surface area contributed by atoms with E-state index in [0.717, 1.165) is 40.9 Å². The van der Waals surface area contributed by atoms with E-state index >= 15 is 0 Å². The smallest absolute Gasteiger partial charge is 0.255 e. The predicted octanol–water partition coefficient (Wildman–Crippen LogP) is 1.88. The highest BCUT2D eigenvalue weighted by Crippen LogP contribution is 2.53. The molecule has 2 N–H and O–H groups in total. The number of H-pyrrole nitrogens is 1. The number of hydrogen-bond acceptors (Lipinski definition) is 7. The number of ether oxygens (including phenoxy) is 1. The average molecular weight is 420 g/mol. The molecule has 0 radical (unpaired) electrons. The Labute approximate surface area is 179 Å². The first-order valence-electron chi connectivity index (χ1n) is 10.7. The maximum atomic E-state index is 13.7. The summed E-state index contributed by atoms with van der Waals surface area (Å²) in [4.78, 5) is 34.8. The van der Waals surface area contributed by atoms with Gasteiger partial charge in [0.15, 0.2) is 11.6 Å². The number of pyridine rings is 1. The fourth-order valence-corrected chi connectivity index (χ4v) is 4.95. The van der Waals surface area contributed by atoms with Gasteiger partial charge in [0.1, 0.15) is 16.9 Å². The highest BCUT2D eigenvalue weighted by atomic mass is 16.5. The summed E-state index contributed by atoms with van der Waals surface area (Å²) in [5.74, 6) is 1.32. The van der Waals surface area contributed by atoms with Crippen LogP contribution < -0.4 is 9.80 Å². The number of aliphatic hydroxyl groups excluding tert-OH is 1. The second-order valence-corrected chi connectivity index (χ2v) is 8.86. The number of nitrogens with one attached hydrogen (secondary N) is 1. The molecule has 1 atom stereocenters. The van der Waals surface area contributed by atoms with E-state index in [2.05, 4.69) is 19.9 Å². The van der Waals surface area contributed by atoms with Gasteiger partial charge in [-0.1, -0.05) is 0 Å². The van der Waals surface area contributed by atoms with E-state index in [1.165, 1.54) is 0 Å². The molecule has 2 fully saturated rings. The van der Waals surface area contributed by atoms with Crippen molar-refractivity contribution in [3.05, 3.63) is 30.7 Å². The fourth-order valence-electron chi connectivity index (χ4n) is 4.95. The Morgan fingerprint density at radius 2 is 2.16 bits per heavy atom. The number of anilines is 2. The van der Waals surface area contributed by atoms with Crippen LogP contribution in [0.1, 0.15) is 26.2 Å². The number of morpholine rings is 1. The maximum Gasteiger partial charge on any atom is 0.255 e. The van der Waals surface area contributed by atoms with Gasteiger partial charge in [-0.3, -0.25) is 9.69 Å². The highest BCUT2D eigenvalue weighted by Gasteiger charge is 2.59. The first-order valence-corrected chi connectivity index (χ1v) is 10.7. The van der Waals surface area contributed by atoms with E-state index in [1.54, 1.807) is 12.4 Å². The van der Waals surface area contributed by atoms with Crippen LogP contribution in [0.3, 0.4) is 0 Å². The minimum absolute atomic E-state index is 0.00240. The molecule has 1 saturated carbocycles. The van der Waals surface area contributed by atoms with Crippen molar-refractivity contribution < 1.29 is 14.6 Å². The third kappa shape index (κ3) is 2.63. The van der Waals surface area contributed by atoms with Gasteiger partial charge in [-0.25, -0.2) is 15.0 Å². The van der Waals surface area contributed by atoms with Gasteiger partial charge < -0.3 is 19.7 Å². The van der Waals surface area contributed by atoms with E-state index < -0.39 is 5.54 Å². The third-order valence-corrected chi connectivity index (χ3v) is 6.89. The van der Waals surface area contributed by atoms with E-state index in [4.69, 9.17) is 9.72 Å². The van der Waals surface area contributed by atoms with Gasteiger partial charge in [0.05, 0.1) is 24.9 Å². The number of hydrogen-bond donors (Lipinski definition) is 2. The van der Waals surface area contributed by atoms with Gasteiger partial charge in [-0.15, -0.1) is 0 Å². The molecule has 2 aliphatic heterocycles. The number of nitrogens with zero attached hydrogens (tertiary/aromatic N) is 5. The lowest BCUT2D eigenvalue weighted by atomic mass is 9.91. The third-order valence-electron chi connectivity index (χ3n) is 6.89. The normalized spacial score (nSPS) is 24.3. The molecule has 9 nitrogen and oxygen atoms in total. The Morgan fingerprint density at radius 3 is 2.97 bits per heavy atom. The first kappa shape index (κ1) is 18.7. The van der Waals surface area contributed by atoms with Crippen LogP contribution in [-0.4, -0.2) is 68.4 Å². The van der Waals surface area contributed by atoms with Crippen LogP contribution in [0.2, 0.25) is 0 Å². The van der Waals surface area contributed by atoms with Crippen LogP contribution in [0.25, 0.3) is 22.4 Å². The maximum absolute atomic E-state index is 13.7. The molecule has 0 aromatic carbocycles. The quantitative estimate of drug-likeness (QED) is 0.663. The summed E-state index contributed by atoms with van der Waals surface area (Å²) in [5, 5.41) is 10.6. The van der Waals surface area contributed by atoms with Crippen molar-refractivity contribution >= 4 is 28.4 Å². The van der Waals surface area contributed by atoms with Gasteiger partial charge >= 0.3 is 0 Å². The van der Waals surface area contributed by atoms with Crippen LogP contribution in [0.5, 0.6) is 0 Å². The summed E-state index contributed by atoms with van der Waals surface area (Å²) in [6.45, 7) is 3.40. The molecule has 9 heteroatoms. The van der Waals surface area contributed by atoms with Crippen LogP contribution in [0.15, 0.2) is 30.7 Å². The van der Waals surface area contributed by atoms with Gasteiger partial charge in [-0.2, -0.15) is 0 Å². The monoisotopic (exact) mass is 420 g/mol.